The van der Waals surface area contributed by atoms with Crippen LogP contribution in [0.15, 0.2) is 41.3 Å². The minimum absolute atomic E-state index is 0.132. The van der Waals surface area contributed by atoms with Gasteiger partial charge in [0.2, 0.25) is 0 Å². The summed E-state index contributed by atoms with van der Waals surface area (Å²) in [7, 11) is -4.02. The van der Waals surface area contributed by atoms with Crippen molar-refractivity contribution in [1.29, 1.82) is 0 Å². The third kappa shape index (κ3) is 4.47. The maximum absolute atomic E-state index is 13.5. The molecule has 0 saturated carbocycles. The van der Waals surface area contributed by atoms with Gasteiger partial charge in [0, 0.05) is 37.9 Å². The fraction of sp³-hybridized carbons (Fsp3) is 0.455. The van der Waals surface area contributed by atoms with E-state index in [4.69, 9.17) is 0 Å². The van der Waals surface area contributed by atoms with Crippen LogP contribution in [0.25, 0.3) is 0 Å². The topological polar surface area (TPSA) is 71.1 Å². The van der Waals surface area contributed by atoms with Gasteiger partial charge in [0.05, 0.1) is 10.6 Å². The molecule has 7 nitrogen and oxygen atoms in total. The minimum atomic E-state index is -4.02. The number of halogens is 2. The Balaban J connectivity index is 1.70. The van der Waals surface area contributed by atoms with Crippen molar-refractivity contribution in [3.05, 3.63) is 42.0 Å². The first kappa shape index (κ1) is 22.6. The molecule has 174 valence electrons. The Labute approximate surface area is 187 Å². The first-order valence-corrected chi connectivity index (χ1v) is 12.1. The number of alkyl halides is 2. The molecule has 32 heavy (non-hydrogen) atoms. The molecule has 2 heterocycles. The fourth-order valence-electron chi connectivity index (χ4n) is 3.99. The number of rotatable bonds is 6. The maximum atomic E-state index is 13.5. The van der Waals surface area contributed by atoms with Gasteiger partial charge < -0.3 is 19.7 Å². The van der Waals surface area contributed by atoms with E-state index in [2.05, 4.69) is 19.7 Å². The first-order valence-electron chi connectivity index (χ1n) is 10.7. The van der Waals surface area contributed by atoms with Gasteiger partial charge in [-0.05, 0) is 56.1 Å². The van der Waals surface area contributed by atoms with Crippen LogP contribution in [-0.4, -0.2) is 47.4 Å². The van der Waals surface area contributed by atoms with E-state index >= 15 is 0 Å². The smallest absolute Gasteiger partial charge is 0.395 e. The summed E-state index contributed by atoms with van der Waals surface area (Å²) in [4.78, 5) is 2.13. The van der Waals surface area contributed by atoms with E-state index in [1.54, 1.807) is 6.07 Å². The Kier molecular flexibility index (Phi) is 6.17. The highest BCUT2D eigenvalue weighted by atomic mass is 32.2. The summed E-state index contributed by atoms with van der Waals surface area (Å²) in [6.07, 6.45) is -2.22. The predicted octanol–water partition coefficient (Wildman–Crippen LogP) is 3.72. The summed E-state index contributed by atoms with van der Waals surface area (Å²) in [5, 5.41) is 3.37. The van der Waals surface area contributed by atoms with Crippen LogP contribution >= 0.6 is 0 Å². The van der Waals surface area contributed by atoms with Crippen LogP contribution in [0.4, 0.5) is 20.2 Å². The van der Waals surface area contributed by atoms with Gasteiger partial charge >= 0.3 is 6.29 Å². The van der Waals surface area contributed by atoms with Crippen molar-refractivity contribution < 1.29 is 26.7 Å². The van der Waals surface area contributed by atoms with Crippen LogP contribution in [0.2, 0.25) is 0 Å². The Hall–Kier alpha value is -2.59. The summed E-state index contributed by atoms with van der Waals surface area (Å²) in [6, 6.07) is 9.14. The standard InChI is InChI=1S/C22H27F2N3O4S/c1-3-11-27(17-6-5-16(2)19(14-17)26-12-4-9-25-10-13-26)32(28,29)18-7-8-20-21(15-18)31-22(23,24)30-20/h5-8,14-15,25H,3-4,9-13H2,1-2H3. The highest BCUT2D eigenvalue weighted by Gasteiger charge is 2.44. The lowest BCUT2D eigenvalue weighted by Gasteiger charge is -2.28. The average Bonchev–Trinajstić information content (AvgIpc) is 2.90. The van der Waals surface area contributed by atoms with Gasteiger partial charge in [0.25, 0.3) is 10.0 Å². The average molecular weight is 468 g/mol. The number of hydrogen-bond acceptors (Lipinski definition) is 6. The molecule has 1 N–H and O–H groups in total. The predicted molar refractivity (Wildman–Crippen MR) is 118 cm³/mol. The van der Waals surface area contributed by atoms with Gasteiger partial charge in [-0.3, -0.25) is 4.31 Å². The molecule has 10 heteroatoms. The van der Waals surface area contributed by atoms with E-state index in [1.165, 1.54) is 16.4 Å². The van der Waals surface area contributed by atoms with E-state index in [0.29, 0.717) is 12.1 Å². The molecular weight excluding hydrogens is 440 g/mol. The fourth-order valence-corrected chi connectivity index (χ4v) is 5.55. The van der Waals surface area contributed by atoms with Crippen molar-refractivity contribution in [3.63, 3.8) is 0 Å². The molecule has 0 aromatic heterocycles. The molecular formula is C22H27F2N3O4S. The van der Waals surface area contributed by atoms with Crippen molar-refractivity contribution in [2.24, 2.45) is 0 Å². The van der Waals surface area contributed by atoms with Crippen molar-refractivity contribution in [3.8, 4) is 11.5 Å². The summed E-state index contributed by atoms with van der Waals surface area (Å²) in [5.41, 5.74) is 2.59. The second-order valence-electron chi connectivity index (χ2n) is 7.91. The van der Waals surface area contributed by atoms with Crippen molar-refractivity contribution in [2.45, 2.75) is 37.9 Å². The van der Waals surface area contributed by atoms with Crippen LogP contribution in [0.5, 0.6) is 11.5 Å². The zero-order chi connectivity index (χ0) is 22.9. The highest BCUT2D eigenvalue weighted by Crippen LogP contribution is 2.42. The van der Waals surface area contributed by atoms with Crippen LogP contribution in [0.1, 0.15) is 25.3 Å². The molecule has 0 amide bonds. The number of sulfonamides is 1. The van der Waals surface area contributed by atoms with Gasteiger partial charge in [-0.25, -0.2) is 8.42 Å². The number of hydrogen-bond donors (Lipinski definition) is 1. The molecule has 0 unspecified atom stereocenters. The third-order valence-corrected chi connectivity index (χ3v) is 7.37. The molecule has 1 fully saturated rings. The van der Waals surface area contributed by atoms with E-state index in [0.717, 1.165) is 49.9 Å². The first-order chi connectivity index (χ1) is 15.2. The maximum Gasteiger partial charge on any atom is 0.586 e. The monoisotopic (exact) mass is 467 g/mol. The Morgan fingerprint density at radius 2 is 1.88 bits per heavy atom. The van der Waals surface area contributed by atoms with Gasteiger partial charge in [-0.15, -0.1) is 8.78 Å². The molecule has 0 bridgehead atoms. The van der Waals surface area contributed by atoms with Crippen LogP contribution in [0.3, 0.4) is 0 Å². The number of benzene rings is 2. The summed E-state index contributed by atoms with van der Waals surface area (Å²) >= 11 is 0. The van der Waals surface area contributed by atoms with Crippen LogP contribution in [-0.2, 0) is 10.0 Å². The molecule has 0 aliphatic carbocycles. The molecule has 2 aromatic rings. The molecule has 0 radical (unpaired) electrons. The Morgan fingerprint density at radius 1 is 1.09 bits per heavy atom. The number of anilines is 2. The number of ether oxygens (including phenoxy) is 2. The zero-order valence-electron chi connectivity index (χ0n) is 18.1. The molecule has 0 spiro atoms. The number of aryl methyl sites for hydroxylation is 1. The van der Waals surface area contributed by atoms with E-state index < -0.39 is 16.3 Å². The lowest BCUT2D eigenvalue weighted by Crippen LogP contribution is -2.33. The van der Waals surface area contributed by atoms with E-state index in [1.807, 2.05) is 26.0 Å². The Bertz CT molecular complexity index is 1090. The van der Waals surface area contributed by atoms with E-state index in [9.17, 15) is 17.2 Å². The van der Waals surface area contributed by atoms with Gasteiger partial charge in [-0.2, -0.15) is 0 Å². The quantitative estimate of drug-likeness (QED) is 0.698. The molecule has 4 rings (SSSR count). The number of fused-ring (bicyclic) bond motifs is 1. The molecule has 2 aliphatic heterocycles. The van der Waals surface area contributed by atoms with E-state index in [-0.39, 0.29) is 22.9 Å². The second-order valence-corrected chi connectivity index (χ2v) is 9.78. The summed E-state index contributed by atoms with van der Waals surface area (Å²) in [5.74, 6) is -0.488. The van der Waals surface area contributed by atoms with Gasteiger partial charge in [-0.1, -0.05) is 13.0 Å². The summed E-state index contributed by atoms with van der Waals surface area (Å²) < 4.78 is 64.0. The largest absolute Gasteiger partial charge is 0.586 e. The van der Waals surface area contributed by atoms with Gasteiger partial charge in [0.15, 0.2) is 11.5 Å². The van der Waals surface area contributed by atoms with Crippen LogP contribution in [0, 0.1) is 6.92 Å². The lowest BCUT2D eigenvalue weighted by molar-refractivity contribution is -0.286. The second kappa shape index (κ2) is 8.74. The molecule has 1 saturated heterocycles. The number of nitrogens with one attached hydrogen (secondary N) is 1. The van der Waals surface area contributed by atoms with Crippen LogP contribution < -0.4 is 24.0 Å². The molecule has 2 aromatic carbocycles. The van der Waals surface area contributed by atoms with Crippen molar-refractivity contribution in [1.82, 2.24) is 5.32 Å². The molecule has 0 atom stereocenters. The zero-order valence-corrected chi connectivity index (χ0v) is 18.9. The van der Waals surface area contributed by atoms with Crippen molar-refractivity contribution in [2.75, 3.05) is 41.9 Å². The molecule has 2 aliphatic rings. The highest BCUT2D eigenvalue weighted by molar-refractivity contribution is 7.92. The number of nitrogens with zero attached hydrogens (tertiary/aromatic N) is 2. The lowest BCUT2D eigenvalue weighted by atomic mass is 10.1. The SMILES string of the molecule is CCCN(c1ccc(C)c(N2CCCNCC2)c1)S(=O)(=O)c1ccc2c(c1)OC(F)(F)O2. The van der Waals surface area contributed by atoms with Crippen molar-refractivity contribution >= 4 is 21.4 Å². The third-order valence-electron chi connectivity index (χ3n) is 5.55. The normalized spacial score (nSPS) is 17.8. The minimum Gasteiger partial charge on any atom is -0.395 e. The Morgan fingerprint density at radius 3 is 2.66 bits per heavy atom. The summed E-state index contributed by atoms with van der Waals surface area (Å²) in [6.45, 7) is 7.68. The van der Waals surface area contributed by atoms with Gasteiger partial charge in [0.1, 0.15) is 0 Å².